The van der Waals surface area contributed by atoms with Gasteiger partial charge in [-0.2, -0.15) is 10.2 Å². The first-order chi connectivity index (χ1) is 15.7. The lowest BCUT2D eigenvalue weighted by molar-refractivity contribution is 0.0654. The Morgan fingerprint density at radius 2 is 2.31 bits per heavy atom. The van der Waals surface area contributed by atoms with Crippen LogP contribution in [0.25, 0.3) is 22.0 Å². The van der Waals surface area contributed by atoms with Crippen molar-refractivity contribution in [2.75, 3.05) is 11.9 Å². The van der Waals surface area contributed by atoms with Crippen LogP contribution in [0.2, 0.25) is 0 Å². The third-order valence-electron chi connectivity index (χ3n) is 5.50. The minimum atomic E-state index is -0.286. The zero-order valence-electron chi connectivity index (χ0n) is 17.6. The quantitative estimate of drug-likeness (QED) is 0.438. The molecule has 1 saturated carbocycles. The second-order valence-electron chi connectivity index (χ2n) is 7.61. The highest BCUT2D eigenvalue weighted by Gasteiger charge is 2.28. The van der Waals surface area contributed by atoms with Crippen LogP contribution in [0, 0.1) is 0 Å². The van der Waals surface area contributed by atoms with Crippen LogP contribution in [-0.4, -0.2) is 48.6 Å². The Labute approximate surface area is 188 Å². The van der Waals surface area contributed by atoms with E-state index in [1.54, 1.807) is 24.0 Å². The maximum atomic E-state index is 13.0. The lowest BCUT2D eigenvalue weighted by atomic mass is 10.2. The predicted octanol–water partition coefficient (Wildman–Crippen LogP) is 4.17. The fourth-order valence-corrected chi connectivity index (χ4v) is 4.75. The molecule has 0 bridgehead atoms. The maximum Gasteiger partial charge on any atom is 0.275 e. The molecular weight excluding hydrogens is 426 g/mol. The Kier molecular flexibility index (Phi) is 5.78. The van der Waals surface area contributed by atoms with E-state index in [0.29, 0.717) is 29.4 Å². The topological polar surface area (TPSA) is 111 Å². The molecule has 4 heterocycles. The van der Waals surface area contributed by atoms with E-state index in [0.717, 1.165) is 29.8 Å². The molecule has 4 aromatic rings. The Bertz CT molecular complexity index is 1190. The number of hydrogen-bond acceptors (Lipinski definition) is 7. The van der Waals surface area contributed by atoms with Crippen LogP contribution >= 0.6 is 11.3 Å². The average molecular weight is 450 g/mol. The molecule has 2 N–H and O–H groups in total. The van der Waals surface area contributed by atoms with Crippen molar-refractivity contribution in [3.05, 3.63) is 54.1 Å². The van der Waals surface area contributed by atoms with E-state index in [9.17, 15) is 4.79 Å². The SMILES string of the molecule is CCO[C@H]1CC[C@@H](n2cc(NC(=O)c3csc(-c4cn[nH]c4)n3)c(-c3ccccn3)n2)C1. The molecule has 0 spiro atoms. The summed E-state index contributed by atoms with van der Waals surface area (Å²) in [6.45, 7) is 2.73. The number of aromatic amines is 1. The van der Waals surface area contributed by atoms with Crippen LogP contribution in [-0.2, 0) is 4.74 Å². The first-order valence-corrected chi connectivity index (χ1v) is 11.5. The molecule has 0 aromatic carbocycles. The van der Waals surface area contributed by atoms with Crippen molar-refractivity contribution < 1.29 is 9.53 Å². The second kappa shape index (κ2) is 9.01. The van der Waals surface area contributed by atoms with E-state index in [2.05, 4.69) is 25.5 Å². The van der Waals surface area contributed by atoms with Gasteiger partial charge in [0.05, 0.1) is 29.7 Å². The van der Waals surface area contributed by atoms with Crippen LogP contribution in [0.1, 0.15) is 42.7 Å². The summed E-state index contributed by atoms with van der Waals surface area (Å²) in [4.78, 5) is 21.9. The van der Waals surface area contributed by atoms with E-state index >= 15 is 0 Å². The smallest absolute Gasteiger partial charge is 0.275 e. The van der Waals surface area contributed by atoms with Crippen molar-refractivity contribution in [3.63, 3.8) is 0 Å². The first kappa shape index (κ1) is 20.5. The maximum absolute atomic E-state index is 13.0. The summed E-state index contributed by atoms with van der Waals surface area (Å²) in [5, 5.41) is 17.0. The first-order valence-electron chi connectivity index (χ1n) is 10.6. The highest BCUT2D eigenvalue weighted by atomic mass is 32.1. The number of anilines is 1. The average Bonchev–Trinajstić information content (AvgIpc) is 3.61. The molecule has 2 atom stereocenters. The zero-order chi connectivity index (χ0) is 21.9. The standard InChI is InChI=1S/C22H23N7O2S/c1-2-31-16-7-6-15(9-16)29-12-18(20(28-29)17-5-3-4-8-23-17)26-21(30)19-13-32-22(27-19)14-10-24-25-11-14/h3-5,8,10-13,15-16H,2,6-7,9H2,1H3,(H,24,25)(H,26,30)/t15-,16+/m1/s1. The van der Waals surface area contributed by atoms with E-state index < -0.39 is 0 Å². The van der Waals surface area contributed by atoms with Crippen molar-refractivity contribution >= 4 is 22.9 Å². The van der Waals surface area contributed by atoms with Crippen LogP contribution in [0.15, 0.2) is 48.4 Å². The third-order valence-corrected chi connectivity index (χ3v) is 6.39. The zero-order valence-corrected chi connectivity index (χ0v) is 18.4. The lowest BCUT2D eigenvalue weighted by Gasteiger charge is -2.11. The fourth-order valence-electron chi connectivity index (χ4n) is 3.97. The van der Waals surface area contributed by atoms with Crippen molar-refractivity contribution in [2.24, 2.45) is 0 Å². The van der Waals surface area contributed by atoms with Gasteiger partial charge in [0.25, 0.3) is 5.91 Å². The van der Waals surface area contributed by atoms with Gasteiger partial charge >= 0.3 is 0 Å². The van der Waals surface area contributed by atoms with Crippen molar-refractivity contribution in [1.29, 1.82) is 0 Å². The van der Waals surface area contributed by atoms with Crippen molar-refractivity contribution in [3.8, 4) is 22.0 Å². The van der Waals surface area contributed by atoms with Gasteiger partial charge in [0.15, 0.2) is 0 Å². The molecule has 0 unspecified atom stereocenters. The van der Waals surface area contributed by atoms with Crippen LogP contribution in [0.4, 0.5) is 5.69 Å². The molecule has 32 heavy (non-hydrogen) atoms. The number of rotatable bonds is 7. The van der Waals surface area contributed by atoms with Crippen LogP contribution < -0.4 is 5.32 Å². The molecule has 164 valence electrons. The number of carbonyl (C=O) groups excluding carboxylic acids is 1. The number of aromatic nitrogens is 6. The minimum Gasteiger partial charge on any atom is -0.378 e. The summed E-state index contributed by atoms with van der Waals surface area (Å²) in [5.74, 6) is -0.286. The van der Waals surface area contributed by atoms with Gasteiger partial charge in [0.1, 0.15) is 16.4 Å². The number of ether oxygens (including phenoxy) is 1. The number of nitrogens with zero attached hydrogens (tertiary/aromatic N) is 5. The number of amides is 1. The van der Waals surface area contributed by atoms with Crippen molar-refractivity contribution in [1.82, 2.24) is 29.9 Å². The van der Waals surface area contributed by atoms with Gasteiger partial charge in [-0.25, -0.2) is 4.98 Å². The lowest BCUT2D eigenvalue weighted by Crippen LogP contribution is -2.13. The number of thiazole rings is 1. The van der Waals surface area contributed by atoms with Crippen LogP contribution in [0.5, 0.6) is 0 Å². The van der Waals surface area contributed by atoms with E-state index in [1.807, 2.05) is 36.0 Å². The molecular formula is C22H23N7O2S. The molecule has 10 heteroatoms. The highest BCUT2D eigenvalue weighted by Crippen LogP contribution is 2.35. The summed E-state index contributed by atoms with van der Waals surface area (Å²) < 4.78 is 7.74. The second-order valence-corrected chi connectivity index (χ2v) is 8.47. The minimum absolute atomic E-state index is 0.228. The Balaban J connectivity index is 1.41. The highest BCUT2D eigenvalue weighted by molar-refractivity contribution is 7.13. The van der Waals surface area contributed by atoms with Crippen molar-refractivity contribution in [2.45, 2.75) is 38.3 Å². The van der Waals surface area contributed by atoms with Gasteiger partial charge in [-0.15, -0.1) is 11.3 Å². The number of H-pyrrole nitrogens is 1. The van der Waals surface area contributed by atoms with Gasteiger partial charge in [-0.3, -0.25) is 19.6 Å². The largest absolute Gasteiger partial charge is 0.378 e. The Hall–Kier alpha value is -3.37. The molecule has 0 saturated heterocycles. The molecule has 0 aliphatic heterocycles. The Morgan fingerprint density at radius 1 is 1.38 bits per heavy atom. The normalized spacial score (nSPS) is 18.2. The summed E-state index contributed by atoms with van der Waals surface area (Å²) in [6.07, 6.45) is 10.2. The van der Waals surface area contributed by atoms with E-state index in [1.165, 1.54) is 11.3 Å². The third kappa shape index (κ3) is 4.19. The van der Waals surface area contributed by atoms with Gasteiger partial charge in [0.2, 0.25) is 0 Å². The monoisotopic (exact) mass is 449 g/mol. The number of hydrogen-bond donors (Lipinski definition) is 2. The number of pyridine rings is 1. The van der Waals surface area contributed by atoms with E-state index in [4.69, 9.17) is 9.84 Å². The molecule has 0 radical (unpaired) electrons. The summed E-state index contributed by atoms with van der Waals surface area (Å²) in [7, 11) is 0. The summed E-state index contributed by atoms with van der Waals surface area (Å²) in [5.41, 5.74) is 3.16. The van der Waals surface area contributed by atoms with Gasteiger partial charge in [-0.1, -0.05) is 6.07 Å². The molecule has 1 fully saturated rings. The van der Waals surface area contributed by atoms with Gasteiger partial charge < -0.3 is 10.1 Å². The predicted molar refractivity (Wildman–Crippen MR) is 121 cm³/mol. The van der Waals surface area contributed by atoms with Gasteiger partial charge in [-0.05, 0) is 38.3 Å². The molecule has 1 aliphatic rings. The van der Waals surface area contributed by atoms with Crippen LogP contribution in [0.3, 0.4) is 0 Å². The fraction of sp³-hybridized carbons (Fsp3) is 0.318. The number of nitrogens with one attached hydrogen (secondary N) is 2. The molecule has 1 aliphatic carbocycles. The summed E-state index contributed by atoms with van der Waals surface area (Å²) >= 11 is 1.40. The Morgan fingerprint density at radius 3 is 3.09 bits per heavy atom. The summed E-state index contributed by atoms with van der Waals surface area (Å²) in [6, 6.07) is 5.88. The molecule has 1 amide bonds. The number of carbonyl (C=O) groups is 1. The van der Waals surface area contributed by atoms with E-state index in [-0.39, 0.29) is 18.1 Å². The molecule has 9 nitrogen and oxygen atoms in total. The molecule has 5 rings (SSSR count). The molecule has 4 aromatic heterocycles. The van der Waals surface area contributed by atoms with Gasteiger partial charge in [0, 0.05) is 36.1 Å².